The zero-order chi connectivity index (χ0) is 12.2. The molecular weight excluding hydrogens is 286 g/mol. The standard InChI is InChI=1S/C10H18F2S4/c11-5-1-3-7-15-9(13)10(14)16-8-4-2-6-12/h13-14H,1-8H2/b10-9-. The Hall–Kier alpha value is 1.000. The van der Waals surface area contributed by atoms with Gasteiger partial charge in [0.2, 0.25) is 0 Å². The molecule has 6 heteroatoms. The Kier molecular flexibility index (Phi) is 13.2. The molecule has 0 heterocycles. The molecule has 0 atom stereocenters. The number of alkyl halides is 2. The van der Waals surface area contributed by atoms with Gasteiger partial charge in [0.15, 0.2) is 0 Å². The van der Waals surface area contributed by atoms with E-state index in [2.05, 4.69) is 25.3 Å². The molecule has 0 aliphatic heterocycles. The maximum absolute atomic E-state index is 11.8. The minimum Gasteiger partial charge on any atom is -0.251 e. The molecule has 0 aliphatic rings. The summed E-state index contributed by atoms with van der Waals surface area (Å²) in [5, 5.41) is 0. The number of thiol groups is 2. The molecule has 16 heavy (non-hydrogen) atoms. The van der Waals surface area contributed by atoms with Crippen LogP contribution in [0.1, 0.15) is 25.7 Å². The van der Waals surface area contributed by atoms with Crippen LogP contribution in [0.5, 0.6) is 0 Å². The third-order valence-corrected chi connectivity index (χ3v) is 5.49. The molecule has 0 fully saturated rings. The van der Waals surface area contributed by atoms with Gasteiger partial charge in [-0.2, -0.15) is 0 Å². The Bertz CT molecular complexity index is 177. The van der Waals surface area contributed by atoms with Gasteiger partial charge in [0.25, 0.3) is 0 Å². The van der Waals surface area contributed by atoms with E-state index in [0.29, 0.717) is 12.8 Å². The predicted molar refractivity (Wildman–Crippen MR) is 80.3 cm³/mol. The van der Waals surface area contributed by atoms with Crippen molar-refractivity contribution in [3.63, 3.8) is 0 Å². The lowest BCUT2D eigenvalue weighted by molar-refractivity contribution is 0.470. The molecule has 0 unspecified atom stereocenters. The fourth-order valence-corrected chi connectivity index (χ4v) is 3.47. The first-order valence-electron chi connectivity index (χ1n) is 5.22. The van der Waals surface area contributed by atoms with Crippen molar-refractivity contribution in [1.82, 2.24) is 0 Å². The monoisotopic (exact) mass is 304 g/mol. The number of halogens is 2. The predicted octanol–water partition coefficient (Wildman–Crippen LogP) is 4.94. The highest BCUT2D eigenvalue weighted by atomic mass is 32.2. The first kappa shape index (κ1) is 17.0. The molecule has 0 aromatic rings. The third kappa shape index (κ3) is 10.2. The van der Waals surface area contributed by atoms with Crippen molar-refractivity contribution in [2.75, 3.05) is 24.9 Å². The second-order valence-electron chi connectivity index (χ2n) is 3.10. The molecule has 0 saturated heterocycles. The lowest BCUT2D eigenvalue weighted by Gasteiger charge is -2.05. The molecular formula is C10H18F2S4. The van der Waals surface area contributed by atoms with E-state index in [0.717, 1.165) is 32.8 Å². The van der Waals surface area contributed by atoms with E-state index >= 15 is 0 Å². The molecule has 0 bridgehead atoms. The first-order valence-corrected chi connectivity index (χ1v) is 8.08. The molecule has 0 N–H and O–H groups in total. The summed E-state index contributed by atoms with van der Waals surface area (Å²) in [5.41, 5.74) is 0. The van der Waals surface area contributed by atoms with E-state index in [1.165, 1.54) is 0 Å². The number of thioether (sulfide) groups is 2. The summed E-state index contributed by atoms with van der Waals surface area (Å²) in [6, 6.07) is 0. The Labute approximate surface area is 116 Å². The third-order valence-electron chi connectivity index (χ3n) is 1.72. The second-order valence-corrected chi connectivity index (χ2v) is 6.81. The number of unbranched alkanes of at least 4 members (excludes halogenated alkanes) is 2. The second kappa shape index (κ2) is 12.5. The van der Waals surface area contributed by atoms with Crippen molar-refractivity contribution in [3.05, 3.63) is 8.47 Å². The Balaban J connectivity index is 3.60. The zero-order valence-corrected chi connectivity index (χ0v) is 12.5. The minimum atomic E-state index is -0.252. The van der Waals surface area contributed by atoms with Gasteiger partial charge in [-0.3, -0.25) is 8.78 Å². The number of hydrogen-bond donors (Lipinski definition) is 2. The van der Waals surface area contributed by atoms with Crippen molar-refractivity contribution in [3.8, 4) is 0 Å². The molecule has 0 aromatic heterocycles. The van der Waals surface area contributed by atoms with E-state index in [9.17, 15) is 8.78 Å². The average Bonchev–Trinajstić information content (AvgIpc) is 2.29. The van der Waals surface area contributed by atoms with Gasteiger partial charge in [-0.25, -0.2) is 0 Å². The highest BCUT2D eigenvalue weighted by molar-refractivity contribution is 8.21. The molecule has 0 saturated carbocycles. The normalized spacial score (nSPS) is 12.8. The van der Waals surface area contributed by atoms with E-state index in [4.69, 9.17) is 0 Å². The van der Waals surface area contributed by atoms with Crippen LogP contribution in [0.25, 0.3) is 0 Å². The van der Waals surface area contributed by atoms with Crippen LogP contribution in [0.15, 0.2) is 8.47 Å². The maximum Gasteiger partial charge on any atom is 0.0894 e. The fraction of sp³-hybridized carbons (Fsp3) is 0.800. The van der Waals surface area contributed by atoms with Crippen LogP contribution in [-0.4, -0.2) is 24.9 Å². The molecule has 0 radical (unpaired) electrons. The van der Waals surface area contributed by atoms with Crippen molar-refractivity contribution >= 4 is 48.8 Å². The van der Waals surface area contributed by atoms with Crippen molar-refractivity contribution < 1.29 is 8.78 Å². The van der Waals surface area contributed by atoms with E-state index in [-0.39, 0.29) is 13.3 Å². The lowest BCUT2D eigenvalue weighted by Crippen LogP contribution is -1.84. The van der Waals surface area contributed by atoms with E-state index in [1.807, 2.05) is 0 Å². The quantitative estimate of drug-likeness (QED) is 0.433. The molecule has 0 aromatic carbocycles. The fourth-order valence-electron chi connectivity index (χ4n) is 0.854. The topological polar surface area (TPSA) is 0 Å². The summed E-state index contributed by atoms with van der Waals surface area (Å²) >= 11 is 11.8. The van der Waals surface area contributed by atoms with Gasteiger partial charge in [-0.05, 0) is 37.2 Å². The van der Waals surface area contributed by atoms with Gasteiger partial charge in [-0.15, -0.1) is 48.8 Å². The molecule has 0 nitrogen and oxygen atoms in total. The maximum atomic E-state index is 11.8. The first-order chi connectivity index (χ1) is 7.72. The van der Waals surface area contributed by atoms with Gasteiger partial charge in [-0.1, -0.05) is 0 Å². The van der Waals surface area contributed by atoms with Crippen molar-refractivity contribution in [2.24, 2.45) is 0 Å². The van der Waals surface area contributed by atoms with Crippen LogP contribution in [0.2, 0.25) is 0 Å². The van der Waals surface area contributed by atoms with Crippen LogP contribution in [0.4, 0.5) is 8.78 Å². The number of rotatable bonds is 10. The molecule has 96 valence electrons. The summed E-state index contributed by atoms with van der Waals surface area (Å²) in [4.78, 5) is 0. The Morgan fingerprint density at radius 3 is 1.44 bits per heavy atom. The lowest BCUT2D eigenvalue weighted by atomic mass is 10.4. The summed E-state index contributed by atoms with van der Waals surface area (Å²) in [6.07, 6.45) is 2.94. The van der Waals surface area contributed by atoms with Crippen LogP contribution >= 0.6 is 48.8 Å². The highest BCUT2D eigenvalue weighted by Gasteiger charge is 2.01. The van der Waals surface area contributed by atoms with Crippen LogP contribution in [0.3, 0.4) is 0 Å². The van der Waals surface area contributed by atoms with Crippen molar-refractivity contribution in [2.45, 2.75) is 25.7 Å². The van der Waals surface area contributed by atoms with Gasteiger partial charge in [0, 0.05) is 0 Å². The molecule has 0 spiro atoms. The molecule has 0 aliphatic carbocycles. The van der Waals surface area contributed by atoms with E-state index in [1.54, 1.807) is 23.5 Å². The Morgan fingerprint density at radius 2 is 1.12 bits per heavy atom. The largest absolute Gasteiger partial charge is 0.251 e. The van der Waals surface area contributed by atoms with Gasteiger partial charge in [0.05, 0.1) is 21.8 Å². The van der Waals surface area contributed by atoms with E-state index < -0.39 is 0 Å². The smallest absolute Gasteiger partial charge is 0.0894 e. The SMILES string of the molecule is FCCCCS/C(S)=C(/S)SCCCCF. The van der Waals surface area contributed by atoms with Gasteiger partial charge in [0.1, 0.15) is 0 Å². The van der Waals surface area contributed by atoms with Crippen LogP contribution in [0, 0.1) is 0 Å². The summed E-state index contributed by atoms with van der Waals surface area (Å²) in [7, 11) is 0. The Morgan fingerprint density at radius 1 is 0.750 bits per heavy atom. The number of hydrogen-bond acceptors (Lipinski definition) is 4. The highest BCUT2D eigenvalue weighted by Crippen LogP contribution is 2.33. The molecule has 0 amide bonds. The zero-order valence-electron chi connectivity index (χ0n) is 9.12. The van der Waals surface area contributed by atoms with Crippen molar-refractivity contribution in [1.29, 1.82) is 0 Å². The van der Waals surface area contributed by atoms with Crippen LogP contribution < -0.4 is 0 Å². The minimum absolute atomic E-state index is 0.252. The summed E-state index contributed by atoms with van der Waals surface area (Å²) in [6.45, 7) is -0.504. The average molecular weight is 305 g/mol. The molecule has 0 rings (SSSR count). The van der Waals surface area contributed by atoms with Gasteiger partial charge < -0.3 is 0 Å². The summed E-state index contributed by atoms with van der Waals surface area (Å²) in [5.74, 6) is 1.75. The van der Waals surface area contributed by atoms with Crippen LogP contribution in [-0.2, 0) is 0 Å². The summed E-state index contributed by atoms with van der Waals surface area (Å²) < 4.78 is 25.4. The van der Waals surface area contributed by atoms with Gasteiger partial charge >= 0.3 is 0 Å².